The molecule has 1 aromatic carbocycles. The van der Waals surface area contributed by atoms with Crippen LogP contribution in [0.5, 0.6) is 0 Å². The van der Waals surface area contributed by atoms with E-state index in [1.807, 2.05) is 31.2 Å². The normalized spacial score (nSPS) is 22.5. The highest BCUT2D eigenvalue weighted by Crippen LogP contribution is 2.58. The number of ether oxygens (including phenoxy) is 3. The molecular formula is C20H22O6. The van der Waals surface area contributed by atoms with Crippen LogP contribution in [0.1, 0.15) is 29.5 Å². The van der Waals surface area contributed by atoms with Crippen LogP contribution >= 0.6 is 0 Å². The molecule has 6 nitrogen and oxygen atoms in total. The molecule has 0 aromatic heterocycles. The highest BCUT2D eigenvalue weighted by Gasteiger charge is 2.65. The molecule has 1 atom stereocenters. The summed E-state index contributed by atoms with van der Waals surface area (Å²) in [7, 11) is 3.77. The third-order valence-corrected chi connectivity index (χ3v) is 5.56. The Morgan fingerprint density at radius 1 is 0.923 bits per heavy atom. The number of rotatable bonds is 3. The Morgan fingerprint density at radius 3 is 2.12 bits per heavy atom. The molecule has 1 saturated carbocycles. The zero-order valence-electron chi connectivity index (χ0n) is 15.4. The molecule has 0 aliphatic heterocycles. The van der Waals surface area contributed by atoms with Gasteiger partial charge < -0.3 is 14.2 Å². The number of methoxy groups -OCH3 is 3. The van der Waals surface area contributed by atoms with Gasteiger partial charge in [0, 0.05) is 0 Å². The average molecular weight is 358 g/mol. The summed E-state index contributed by atoms with van der Waals surface area (Å²) in [5, 5.41) is 0. The lowest BCUT2D eigenvalue weighted by Crippen LogP contribution is -2.42. The number of esters is 3. The largest absolute Gasteiger partial charge is 0.468 e. The summed E-state index contributed by atoms with van der Waals surface area (Å²) in [6.07, 6.45) is 2.33. The minimum Gasteiger partial charge on any atom is -0.468 e. The monoisotopic (exact) mass is 358 g/mol. The zero-order chi connectivity index (χ0) is 19.1. The Hall–Kier alpha value is -2.63. The number of aryl methyl sites for hydroxylation is 1. The molecule has 1 aromatic rings. The molecule has 2 aliphatic rings. The second kappa shape index (κ2) is 6.27. The number of carbonyl (C=O) groups is 3. The van der Waals surface area contributed by atoms with Gasteiger partial charge in [0.2, 0.25) is 0 Å². The molecule has 0 bridgehead atoms. The third-order valence-electron chi connectivity index (χ3n) is 5.56. The fourth-order valence-electron chi connectivity index (χ4n) is 4.31. The molecule has 0 heterocycles. The van der Waals surface area contributed by atoms with E-state index in [0.29, 0.717) is 12.0 Å². The van der Waals surface area contributed by atoms with Gasteiger partial charge in [-0.2, -0.15) is 0 Å². The minimum absolute atomic E-state index is 0.0226. The van der Waals surface area contributed by atoms with Gasteiger partial charge in [-0.15, -0.1) is 0 Å². The van der Waals surface area contributed by atoms with Crippen molar-refractivity contribution in [2.45, 2.75) is 26.2 Å². The van der Waals surface area contributed by atoms with Crippen LogP contribution < -0.4 is 0 Å². The molecule has 1 fully saturated rings. The summed E-state index contributed by atoms with van der Waals surface area (Å²) >= 11 is 0. The van der Waals surface area contributed by atoms with Gasteiger partial charge in [-0.1, -0.05) is 35.4 Å². The van der Waals surface area contributed by atoms with Crippen molar-refractivity contribution in [2.75, 3.05) is 21.3 Å². The Kier molecular flexibility index (Phi) is 4.38. The number of hydrogen-bond acceptors (Lipinski definition) is 6. The predicted molar refractivity (Wildman–Crippen MR) is 93.0 cm³/mol. The average Bonchev–Trinajstić information content (AvgIpc) is 3.00. The molecule has 0 saturated heterocycles. The fourth-order valence-corrected chi connectivity index (χ4v) is 4.31. The summed E-state index contributed by atoms with van der Waals surface area (Å²) < 4.78 is 14.9. The predicted octanol–water partition coefficient (Wildman–Crippen LogP) is 2.22. The lowest BCUT2D eigenvalue weighted by atomic mass is 9.70. The summed E-state index contributed by atoms with van der Waals surface area (Å²) in [6.45, 7) is 1.99. The van der Waals surface area contributed by atoms with Crippen LogP contribution in [-0.4, -0.2) is 39.2 Å². The Labute approximate surface area is 152 Å². The van der Waals surface area contributed by atoms with Gasteiger partial charge in [-0.05, 0) is 37.3 Å². The first-order chi connectivity index (χ1) is 12.3. The van der Waals surface area contributed by atoms with Gasteiger partial charge in [-0.25, -0.2) is 0 Å². The first kappa shape index (κ1) is 18.2. The fraction of sp³-hybridized carbons (Fsp3) is 0.450. The van der Waals surface area contributed by atoms with E-state index in [4.69, 9.17) is 14.2 Å². The zero-order valence-corrected chi connectivity index (χ0v) is 15.4. The Balaban J connectivity index is 2.19. The van der Waals surface area contributed by atoms with Crippen molar-refractivity contribution >= 4 is 24.0 Å². The summed E-state index contributed by atoms with van der Waals surface area (Å²) in [6, 6.07) is 5.98. The lowest BCUT2D eigenvalue weighted by Gasteiger charge is -2.33. The second-order valence-corrected chi connectivity index (χ2v) is 7.04. The van der Waals surface area contributed by atoms with E-state index in [1.54, 1.807) is 0 Å². The van der Waals surface area contributed by atoms with E-state index in [1.165, 1.54) is 21.3 Å². The highest BCUT2D eigenvalue weighted by atomic mass is 16.5. The van der Waals surface area contributed by atoms with Crippen molar-refractivity contribution in [1.29, 1.82) is 0 Å². The van der Waals surface area contributed by atoms with Crippen LogP contribution in [0.25, 0.3) is 6.08 Å². The van der Waals surface area contributed by atoms with Crippen molar-refractivity contribution in [1.82, 2.24) is 0 Å². The molecule has 6 heteroatoms. The minimum atomic E-state index is -1.54. The van der Waals surface area contributed by atoms with Crippen LogP contribution in [0.15, 0.2) is 23.8 Å². The summed E-state index contributed by atoms with van der Waals surface area (Å²) in [5.41, 5.74) is 1.16. The Morgan fingerprint density at radius 2 is 1.54 bits per heavy atom. The van der Waals surface area contributed by atoms with Gasteiger partial charge in [0.25, 0.3) is 0 Å². The van der Waals surface area contributed by atoms with Crippen LogP contribution in [0, 0.1) is 17.8 Å². The molecule has 0 amide bonds. The highest BCUT2D eigenvalue weighted by molar-refractivity contribution is 6.03. The van der Waals surface area contributed by atoms with Crippen molar-refractivity contribution < 1.29 is 28.6 Å². The Bertz CT molecular complexity index is 806. The molecule has 0 N–H and O–H groups in total. The lowest BCUT2D eigenvalue weighted by molar-refractivity contribution is -0.170. The van der Waals surface area contributed by atoms with E-state index in [0.717, 1.165) is 16.7 Å². The number of carbonyl (C=O) groups excluding carboxylic acids is 3. The maximum atomic E-state index is 12.8. The van der Waals surface area contributed by atoms with Gasteiger partial charge >= 0.3 is 17.9 Å². The number of fused-ring (bicyclic) bond motifs is 2. The smallest absolute Gasteiger partial charge is 0.323 e. The molecule has 0 spiro atoms. The van der Waals surface area contributed by atoms with E-state index < -0.39 is 28.7 Å². The molecule has 2 aliphatic carbocycles. The molecule has 0 radical (unpaired) electrons. The molecule has 138 valence electrons. The van der Waals surface area contributed by atoms with E-state index in [2.05, 4.69) is 0 Å². The first-order valence-electron chi connectivity index (χ1n) is 8.39. The maximum absolute atomic E-state index is 12.8. The standard InChI is InChI=1S/C20H22O6/c1-12-5-6-13-9-19(16(21)24-2)11-20(17(22)25-3,18(23)26-4)10-15(19)8-14(13)7-12/h5-8H,9-11H2,1-4H3. The quantitative estimate of drug-likeness (QED) is 0.468. The summed E-state index contributed by atoms with van der Waals surface area (Å²) in [5.74, 6) is -1.84. The van der Waals surface area contributed by atoms with Crippen molar-refractivity contribution in [3.8, 4) is 0 Å². The van der Waals surface area contributed by atoms with E-state index in [9.17, 15) is 14.4 Å². The van der Waals surface area contributed by atoms with Crippen LogP contribution in [0.2, 0.25) is 0 Å². The molecule has 3 rings (SSSR count). The summed E-state index contributed by atoms with van der Waals surface area (Å²) in [4.78, 5) is 37.9. The first-order valence-corrected chi connectivity index (χ1v) is 8.39. The number of hydrogen-bond donors (Lipinski definition) is 0. The van der Waals surface area contributed by atoms with Crippen LogP contribution in [-0.2, 0) is 35.0 Å². The van der Waals surface area contributed by atoms with E-state index >= 15 is 0 Å². The third kappa shape index (κ3) is 2.43. The van der Waals surface area contributed by atoms with Crippen LogP contribution in [0.3, 0.4) is 0 Å². The van der Waals surface area contributed by atoms with Crippen molar-refractivity contribution in [3.63, 3.8) is 0 Å². The van der Waals surface area contributed by atoms with E-state index in [-0.39, 0.29) is 12.8 Å². The van der Waals surface area contributed by atoms with Gasteiger partial charge in [0.05, 0.1) is 26.7 Å². The molecular weight excluding hydrogens is 336 g/mol. The molecule has 26 heavy (non-hydrogen) atoms. The van der Waals surface area contributed by atoms with Crippen molar-refractivity contribution in [3.05, 3.63) is 40.5 Å². The SMILES string of the molecule is COC(=O)C1(C(=O)OC)CC2=Cc3cc(C)ccc3CC2(C(=O)OC)C1. The number of benzene rings is 1. The van der Waals surface area contributed by atoms with Gasteiger partial charge in [0.1, 0.15) is 0 Å². The second-order valence-electron chi connectivity index (χ2n) is 7.04. The van der Waals surface area contributed by atoms with Gasteiger partial charge in [0.15, 0.2) is 5.41 Å². The molecule has 1 unspecified atom stereocenters. The van der Waals surface area contributed by atoms with Crippen molar-refractivity contribution in [2.24, 2.45) is 10.8 Å². The topological polar surface area (TPSA) is 78.9 Å². The van der Waals surface area contributed by atoms with Crippen LogP contribution in [0.4, 0.5) is 0 Å². The maximum Gasteiger partial charge on any atom is 0.323 e. The van der Waals surface area contributed by atoms with Gasteiger partial charge in [-0.3, -0.25) is 14.4 Å².